The Morgan fingerprint density at radius 3 is 2.58 bits per heavy atom. The van der Waals surface area contributed by atoms with Crippen LogP contribution in [0.4, 0.5) is 0 Å². The molecule has 3 N–H and O–H groups in total. The van der Waals surface area contributed by atoms with Crippen molar-refractivity contribution in [2.24, 2.45) is 5.92 Å². The summed E-state index contributed by atoms with van der Waals surface area (Å²) in [5, 5.41) is 9.44. The monoisotopic (exact) mass is 265 g/mol. The number of nitrogens with one attached hydrogen (secondary N) is 3. The van der Waals surface area contributed by atoms with Gasteiger partial charge in [-0.05, 0) is 38.0 Å². The fourth-order valence-corrected chi connectivity index (χ4v) is 3.74. The van der Waals surface area contributed by atoms with Crippen LogP contribution in [0, 0.1) is 5.92 Å². The largest absolute Gasteiger partial charge is 0.354 e. The third-order valence-corrected chi connectivity index (χ3v) is 4.68. The molecule has 3 fully saturated rings. The van der Waals surface area contributed by atoms with Crippen molar-refractivity contribution < 1.29 is 9.59 Å². The van der Waals surface area contributed by atoms with Crippen molar-refractivity contribution in [2.45, 2.75) is 63.1 Å². The zero-order valence-corrected chi connectivity index (χ0v) is 11.3. The number of piperidine rings is 1. The van der Waals surface area contributed by atoms with Gasteiger partial charge in [0.2, 0.25) is 11.8 Å². The van der Waals surface area contributed by atoms with Gasteiger partial charge in [0.05, 0.1) is 0 Å². The number of hydrogen-bond donors (Lipinski definition) is 3. The Balaban J connectivity index is 1.38. The zero-order chi connectivity index (χ0) is 13.2. The molecule has 0 aromatic carbocycles. The van der Waals surface area contributed by atoms with Gasteiger partial charge in [-0.15, -0.1) is 0 Å². The summed E-state index contributed by atoms with van der Waals surface area (Å²) < 4.78 is 0. The van der Waals surface area contributed by atoms with E-state index in [1.165, 1.54) is 12.8 Å². The molecule has 0 aliphatic carbocycles. The van der Waals surface area contributed by atoms with Crippen LogP contribution in [0.15, 0.2) is 0 Å². The molecule has 3 atom stereocenters. The predicted molar refractivity (Wildman–Crippen MR) is 71.5 cm³/mol. The van der Waals surface area contributed by atoms with Crippen LogP contribution in [0.3, 0.4) is 0 Å². The Morgan fingerprint density at radius 2 is 1.95 bits per heavy atom. The Kier molecular flexibility index (Phi) is 3.73. The minimum absolute atomic E-state index is 0.106. The Labute approximate surface area is 113 Å². The minimum atomic E-state index is 0.106. The molecule has 19 heavy (non-hydrogen) atoms. The van der Waals surface area contributed by atoms with Gasteiger partial charge in [-0.1, -0.05) is 0 Å². The number of carbonyl (C=O) groups excluding carboxylic acids is 2. The van der Waals surface area contributed by atoms with Crippen LogP contribution in [0.5, 0.6) is 0 Å². The van der Waals surface area contributed by atoms with Gasteiger partial charge in [-0.25, -0.2) is 0 Å². The molecule has 3 unspecified atom stereocenters. The molecule has 3 aliphatic rings. The molecule has 0 aromatic heterocycles. The Morgan fingerprint density at radius 1 is 1.21 bits per heavy atom. The topological polar surface area (TPSA) is 70.2 Å². The second-order valence-electron chi connectivity index (χ2n) is 6.29. The van der Waals surface area contributed by atoms with Crippen molar-refractivity contribution in [3.63, 3.8) is 0 Å². The van der Waals surface area contributed by atoms with Gasteiger partial charge in [-0.3, -0.25) is 9.59 Å². The van der Waals surface area contributed by atoms with Crippen LogP contribution in [0.1, 0.15) is 44.9 Å². The van der Waals surface area contributed by atoms with Gasteiger partial charge in [0.1, 0.15) is 0 Å². The van der Waals surface area contributed by atoms with Crippen molar-refractivity contribution in [1.29, 1.82) is 0 Å². The highest BCUT2D eigenvalue weighted by Crippen LogP contribution is 2.32. The van der Waals surface area contributed by atoms with Gasteiger partial charge in [0, 0.05) is 37.5 Å². The molecule has 106 valence electrons. The number of fused-ring (bicyclic) bond motifs is 2. The number of rotatable bonds is 4. The molecule has 5 heteroatoms. The average Bonchev–Trinajstić information content (AvgIpc) is 2.93. The summed E-state index contributed by atoms with van der Waals surface area (Å²) in [5.74, 6) is 0.790. The lowest BCUT2D eigenvalue weighted by Crippen LogP contribution is -2.41. The lowest BCUT2D eigenvalue weighted by Gasteiger charge is -2.28. The maximum absolute atomic E-state index is 11.9. The first-order chi connectivity index (χ1) is 9.19. The Hall–Kier alpha value is -1.10. The molecule has 5 nitrogen and oxygen atoms in total. The number of carbonyl (C=O) groups is 2. The summed E-state index contributed by atoms with van der Waals surface area (Å²) in [6.07, 6.45) is 6.92. The van der Waals surface area contributed by atoms with Crippen LogP contribution >= 0.6 is 0 Å². The van der Waals surface area contributed by atoms with Crippen molar-refractivity contribution in [1.82, 2.24) is 16.0 Å². The van der Waals surface area contributed by atoms with Gasteiger partial charge >= 0.3 is 0 Å². The number of amides is 2. The van der Waals surface area contributed by atoms with E-state index in [1.807, 2.05) is 0 Å². The second-order valence-corrected chi connectivity index (χ2v) is 6.29. The summed E-state index contributed by atoms with van der Waals surface area (Å²) in [6, 6.07) is 1.43. The smallest absolute Gasteiger partial charge is 0.220 e. The van der Waals surface area contributed by atoms with E-state index in [2.05, 4.69) is 16.0 Å². The molecule has 2 amide bonds. The summed E-state index contributed by atoms with van der Waals surface area (Å²) in [7, 11) is 0. The summed E-state index contributed by atoms with van der Waals surface area (Å²) in [4.78, 5) is 23.0. The molecule has 0 saturated carbocycles. The molecule has 3 rings (SSSR count). The van der Waals surface area contributed by atoms with Crippen molar-refractivity contribution in [3.05, 3.63) is 0 Å². The molecule has 3 heterocycles. The minimum Gasteiger partial charge on any atom is -0.354 e. The maximum Gasteiger partial charge on any atom is 0.220 e. The normalized spacial score (nSPS) is 37.2. The fraction of sp³-hybridized carbons (Fsp3) is 0.857. The first-order valence-electron chi connectivity index (χ1n) is 7.51. The van der Waals surface area contributed by atoms with Crippen LogP contribution in [0.25, 0.3) is 0 Å². The van der Waals surface area contributed by atoms with E-state index in [4.69, 9.17) is 0 Å². The first kappa shape index (κ1) is 12.9. The lowest BCUT2D eigenvalue weighted by atomic mass is 9.89. The molecule has 0 aromatic rings. The van der Waals surface area contributed by atoms with E-state index in [1.54, 1.807) is 0 Å². The standard InChI is InChI=1S/C14H23N3O2/c18-13-4-3-12(17-13)8-15-14(19)7-9-5-10-1-2-11(6-9)16-10/h9-12,16H,1-8H2,(H,15,19)(H,17,18). The maximum atomic E-state index is 11.9. The third kappa shape index (κ3) is 3.26. The van der Waals surface area contributed by atoms with E-state index in [9.17, 15) is 9.59 Å². The van der Waals surface area contributed by atoms with E-state index in [0.717, 1.165) is 19.3 Å². The fourth-order valence-electron chi connectivity index (χ4n) is 3.74. The highest BCUT2D eigenvalue weighted by Gasteiger charge is 2.34. The highest BCUT2D eigenvalue weighted by atomic mass is 16.2. The molecule has 3 saturated heterocycles. The van der Waals surface area contributed by atoms with E-state index in [-0.39, 0.29) is 17.9 Å². The lowest BCUT2D eigenvalue weighted by molar-refractivity contribution is -0.123. The quantitative estimate of drug-likeness (QED) is 0.685. The van der Waals surface area contributed by atoms with Gasteiger partial charge in [-0.2, -0.15) is 0 Å². The first-order valence-corrected chi connectivity index (χ1v) is 7.51. The van der Waals surface area contributed by atoms with Crippen LogP contribution in [0.2, 0.25) is 0 Å². The van der Waals surface area contributed by atoms with E-state index < -0.39 is 0 Å². The molecule has 0 radical (unpaired) electrons. The van der Waals surface area contributed by atoms with Gasteiger partial charge < -0.3 is 16.0 Å². The number of hydrogen-bond acceptors (Lipinski definition) is 3. The summed E-state index contributed by atoms with van der Waals surface area (Å²) >= 11 is 0. The molecular weight excluding hydrogens is 242 g/mol. The van der Waals surface area contributed by atoms with Gasteiger partial charge in [0.25, 0.3) is 0 Å². The second kappa shape index (κ2) is 5.49. The molecule has 3 aliphatic heterocycles. The third-order valence-electron chi connectivity index (χ3n) is 4.68. The van der Waals surface area contributed by atoms with Crippen molar-refractivity contribution >= 4 is 11.8 Å². The van der Waals surface area contributed by atoms with Crippen LogP contribution in [-0.4, -0.2) is 36.5 Å². The average molecular weight is 265 g/mol. The molecule has 2 bridgehead atoms. The van der Waals surface area contributed by atoms with E-state index in [0.29, 0.717) is 37.4 Å². The van der Waals surface area contributed by atoms with Gasteiger partial charge in [0.15, 0.2) is 0 Å². The zero-order valence-electron chi connectivity index (χ0n) is 11.3. The molecule has 0 spiro atoms. The van der Waals surface area contributed by atoms with E-state index >= 15 is 0 Å². The molecular formula is C14H23N3O2. The van der Waals surface area contributed by atoms with Crippen molar-refractivity contribution in [2.75, 3.05) is 6.54 Å². The van der Waals surface area contributed by atoms with Crippen LogP contribution in [-0.2, 0) is 9.59 Å². The van der Waals surface area contributed by atoms with Crippen molar-refractivity contribution in [3.8, 4) is 0 Å². The SMILES string of the molecule is O=C(CC1CC2CCC(C1)N2)NCC1CCC(=O)N1. The Bertz CT molecular complexity index is 360. The summed E-state index contributed by atoms with van der Waals surface area (Å²) in [6.45, 7) is 0.586. The highest BCUT2D eigenvalue weighted by molar-refractivity contribution is 5.79. The summed E-state index contributed by atoms with van der Waals surface area (Å²) in [5.41, 5.74) is 0. The van der Waals surface area contributed by atoms with Crippen LogP contribution < -0.4 is 16.0 Å². The predicted octanol–water partition coefficient (Wildman–Crippen LogP) is 0.302.